The van der Waals surface area contributed by atoms with Crippen molar-refractivity contribution in [3.05, 3.63) is 64.7 Å². The molecule has 156 valence electrons. The number of benzene rings is 3. The number of phenolic OH excluding ortho intramolecular Hbond substituents is 1. The summed E-state index contributed by atoms with van der Waals surface area (Å²) in [6.07, 6.45) is 3.45. The van der Waals surface area contributed by atoms with E-state index in [2.05, 4.69) is 89.7 Å². The van der Waals surface area contributed by atoms with Gasteiger partial charge in [0.2, 0.25) is 0 Å². The molecule has 2 aliphatic carbocycles. The second kappa shape index (κ2) is 6.29. The molecule has 3 aromatic rings. The average molecular weight is 417 g/mol. The maximum atomic E-state index is 11.2. The lowest BCUT2D eigenvalue weighted by atomic mass is 9.52. The summed E-state index contributed by atoms with van der Waals surface area (Å²) in [6.45, 7) is 11.8. The Morgan fingerprint density at radius 2 is 1.53 bits per heavy atom. The summed E-state index contributed by atoms with van der Waals surface area (Å²) in [6, 6.07) is 15.5. The second-order valence-electron chi connectivity index (χ2n) is 11.3. The molecule has 0 unspecified atom stereocenters. The molecule has 1 nitrogen and oxygen atoms in total. The third-order valence-electron chi connectivity index (χ3n) is 7.49. The number of thiol groups is 1. The van der Waals surface area contributed by atoms with Crippen molar-refractivity contribution in [2.24, 2.45) is 10.8 Å². The van der Waals surface area contributed by atoms with Gasteiger partial charge < -0.3 is 5.11 Å². The largest absolute Gasteiger partial charge is 0.507 e. The lowest BCUT2D eigenvalue weighted by Gasteiger charge is -2.51. The normalized spacial score (nSPS) is 20.3. The zero-order valence-corrected chi connectivity index (χ0v) is 19.7. The molecule has 1 N–H and O–H groups in total. The molecule has 0 bridgehead atoms. The highest BCUT2D eigenvalue weighted by atomic mass is 32.1. The van der Waals surface area contributed by atoms with Gasteiger partial charge in [-0.1, -0.05) is 52.0 Å². The van der Waals surface area contributed by atoms with Gasteiger partial charge >= 0.3 is 0 Å². The standard InChI is InChI=1S/C28H32OS/c1-17-10-20-21(11-18(17)13-30)25-19-8-6-7-9-22(19)28(23(25)12-24(20)29)15-26(2,3)14-27(4,5)16-28/h6-12,29-30H,13-16H2,1-5H3. The molecular weight excluding hydrogens is 384 g/mol. The molecule has 0 radical (unpaired) electrons. The van der Waals surface area contributed by atoms with E-state index in [0.717, 1.165) is 18.2 Å². The molecule has 2 aliphatic rings. The zero-order chi connectivity index (χ0) is 21.5. The number of fused-ring (bicyclic) bond motifs is 7. The highest BCUT2D eigenvalue weighted by Crippen LogP contribution is 2.64. The first-order chi connectivity index (χ1) is 14.1. The molecule has 5 rings (SSSR count). The van der Waals surface area contributed by atoms with E-state index < -0.39 is 0 Å². The van der Waals surface area contributed by atoms with E-state index in [0.29, 0.717) is 11.5 Å². The number of rotatable bonds is 1. The highest BCUT2D eigenvalue weighted by Gasteiger charge is 2.53. The second-order valence-corrected chi connectivity index (χ2v) is 11.6. The summed E-state index contributed by atoms with van der Waals surface area (Å²) in [4.78, 5) is 0. The predicted molar refractivity (Wildman–Crippen MR) is 131 cm³/mol. The van der Waals surface area contributed by atoms with Crippen LogP contribution in [0.4, 0.5) is 0 Å². The maximum absolute atomic E-state index is 11.2. The third-order valence-corrected chi connectivity index (χ3v) is 7.83. The smallest absolute Gasteiger partial charge is 0.123 e. The van der Waals surface area contributed by atoms with Gasteiger partial charge in [0.05, 0.1) is 0 Å². The van der Waals surface area contributed by atoms with Gasteiger partial charge in [-0.2, -0.15) is 12.6 Å². The van der Waals surface area contributed by atoms with Gasteiger partial charge in [-0.3, -0.25) is 0 Å². The van der Waals surface area contributed by atoms with E-state index in [4.69, 9.17) is 0 Å². The van der Waals surface area contributed by atoms with Crippen molar-refractivity contribution < 1.29 is 5.11 Å². The fourth-order valence-electron chi connectivity index (χ4n) is 7.20. The van der Waals surface area contributed by atoms with Crippen LogP contribution in [0.3, 0.4) is 0 Å². The van der Waals surface area contributed by atoms with Crippen LogP contribution in [0.5, 0.6) is 5.75 Å². The topological polar surface area (TPSA) is 20.2 Å². The van der Waals surface area contributed by atoms with Crippen molar-refractivity contribution in [2.75, 3.05) is 0 Å². The Bertz CT molecular complexity index is 1170. The third kappa shape index (κ3) is 2.76. The van der Waals surface area contributed by atoms with Gasteiger partial charge in [0.25, 0.3) is 0 Å². The molecule has 0 atom stereocenters. The van der Waals surface area contributed by atoms with Gasteiger partial charge in [0, 0.05) is 16.6 Å². The molecule has 1 saturated carbocycles. The van der Waals surface area contributed by atoms with Gasteiger partial charge in [-0.05, 0) is 94.0 Å². The Balaban J connectivity index is 1.91. The Hall–Kier alpha value is -1.93. The van der Waals surface area contributed by atoms with E-state index in [-0.39, 0.29) is 16.2 Å². The summed E-state index contributed by atoms with van der Waals surface area (Å²) in [5.74, 6) is 1.12. The number of hydrogen-bond acceptors (Lipinski definition) is 2. The summed E-state index contributed by atoms with van der Waals surface area (Å²) in [5, 5.41) is 13.3. The van der Waals surface area contributed by atoms with Gasteiger partial charge in [0.1, 0.15) is 5.75 Å². The van der Waals surface area contributed by atoms with Crippen LogP contribution in [-0.2, 0) is 11.2 Å². The Kier molecular flexibility index (Phi) is 4.20. The van der Waals surface area contributed by atoms with E-state index in [1.54, 1.807) is 0 Å². The molecule has 0 heterocycles. The van der Waals surface area contributed by atoms with Crippen LogP contribution < -0.4 is 0 Å². The molecule has 2 heteroatoms. The zero-order valence-electron chi connectivity index (χ0n) is 18.8. The van der Waals surface area contributed by atoms with Crippen LogP contribution in [-0.4, -0.2) is 5.11 Å². The monoisotopic (exact) mass is 416 g/mol. The van der Waals surface area contributed by atoms with Crippen LogP contribution in [0, 0.1) is 17.8 Å². The fraction of sp³-hybridized carbons (Fsp3) is 0.429. The fourth-order valence-corrected chi connectivity index (χ4v) is 7.54. The molecule has 0 aromatic heterocycles. The predicted octanol–water partition coefficient (Wildman–Crippen LogP) is 7.79. The molecule has 0 amide bonds. The van der Waals surface area contributed by atoms with Gasteiger partial charge in [0.15, 0.2) is 0 Å². The Morgan fingerprint density at radius 1 is 0.867 bits per heavy atom. The molecule has 1 spiro atoms. The summed E-state index contributed by atoms with van der Waals surface area (Å²) in [7, 11) is 0. The Labute approximate surface area is 185 Å². The first-order valence-corrected chi connectivity index (χ1v) is 11.7. The van der Waals surface area contributed by atoms with Gasteiger partial charge in [-0.15, -0.1) is 0 Å². The summed E-state index contributed by atoms with van der Waals surface area (Å²) >= 11 is 4.57. The average Bonchev–Trinajstić information content (AvgIpc) is 2.88. The molecule has 0 aliphatic heterocycles. The number of aryl methyl sites for hydroxylation is 1. The number of aromatic hydroxyl groups is 1. The first kappa shape index (κ1) is 20.0. The number of phenols is 1. The lowest BCUT2D eigenvalue weighted by molar-refractivity contribution is 0.0645. The van der Waals surface area contributed by atoms with Crippen molar-refractivity contribution >= 4 is 23.4 Å². The molecule has 3 aromatic carbocycles. The maximum Gasteiger partial charge on any atom is 0.123 e. The van der Waals surface area contributed by atoms with Crippen LogP contribution in [0.1, 0.15) is 69.2 Å². The quantitative estimate of drug-likeness (QED) is 0.388. The molecule has 30 heavy (non-hydrogen) atoms. The van der Waals surface area contributed by atoms with Crippen LogP contribution in [0.25, 0.3) is 21.9 Å². The van der Waals surface area contributed by atoms with Crippen molar-refractivity contribution in [1.29, 1.82) is 0 Å². The van der Waals surface area contributed by atoms with Crippen molar-refractivity contribution in [3.8, 4) is 16.9 Å². The van der Waals surface area contributed by atoms with Gasteiger partial charge in [-0.25, -0.2) is 0 Å². The van der Waals surface area contributed by atoms with Crippen LogP contribution >= 0.6 is 12.6 Å². The first-order valence-electron chi connectivity index (χ1n) is 11.1. The Morgan fingerprint density at radius 3 is 2.20 bits per heavy atom. The molecule has 0 saturated heterocycles. The highest BCUT2D eigenvalue weighted by molar-refractivity contribution is 7.79. The minimum Gasteiger partial charge on any atom is -0.507 e. The number of hydrogen-bond donors (Lipinski definition) is 2. The van der Waals surface area contributed by atoms with E-state index in [1.165, 1.54) is 45.2 Å². The van der Waals surface area contributed by atoms with Crippen molar-refractivity contribution in [2.45, 2.75) is 65.0 Å². The van der Waals surface area contributed by atoms with Crippen LogP contribution in [0.2, 0.25) is 0 Å². The minimum absolute atomic E-state index is 0.0468. The molecular formula is C28H32OS. The molecule has 1 fully saturated rings. The van der Waals surface area contributed by atoms with Crippen molar-refractivity contribution in [1.82, 2.24) is 0 Å². The van der Waals surface area contributed by atoms with Crippen molar-refractivity contribution in [3.63, 3.8) is 0 Å². The van der Waals surface area contributed by atoms with Crippen LogP contribution in [0.15, 0.2) is 42.5 Å². The van der Waals surface area contributed by atoms with E-state index >= 15 is 0 Å². The summed E-state index contributed by atoms with van der Waals surface area (Å²) < 4.78 is 0. The van der Waals surface area contributed by atoms with E-state index in [1.807, 2.05) is 0 Å². The minimum atomic E-state index is -0.0468. The summed E-state index contributed by atoms with van der Waals surface area (Å²) in [5.41, 5.74) is 8.30. The van der Waals surface area contributed by atoms with E-state index in [9.17, 15) is 5.11 Å². The lowest BCUT2D eigenvalue weighted by Crippen LogP contribution is -2.43. The SMILES string of the molecule is Cc1cc2c(O)cc3c(c2cc1CS)-c1ccccc1C31CC(C)(C)CC(C)(C)C1.